The molecule has 11 heteroatoms. The maximum Gasteiger partial charge on any atom is 0.317 e. The lowest BCUT2D eigenvalue weighted by Gasteiger charge is -2.30. The summed E-state index contributed by atoms with van der Waals surface area (Å²) in [7, 11) is 0. The minimum Gasteiger partial charge on any atom is -0.460 e. The number of aliphatic imine (C=N–C) groups is 1. The number of tetrazole rings is 2. The van der Waals surface area contributed by atoms with E-state index < -0.39 is 17.9 Å². The minimum absolute atomic E-state index is 0.111. The molecule has 0 amide bonds. The van der Waals surface area contributed by atoms with E-state index in [-0.39, 0.29) is 6.61 Å². The van der Waals surface area contributed by atoms with Gasteiger partial charge in [0.1, 0.15) is 18.6 Å². The van der Waals surface area contributed by atoms with E-state index in [0.29, 0.717) is 17.5 Å². The third-order valence-electron chi connectivity index (χ3n) is 6.12. The molecule has 0 aliphatic carbocycles. The van der Waals surface area contributed by atoms with Crippen LogP contribution in [0.25, 0.3) is 22.2 Å². The number of carbonyl (C=O) groups is 1. The molecule has 1 aliphatic rings. The molecule has 172 valence electrons. The van der Waals surface area contributed by atoms with Gasteiger partial charge in [0.2, 0.25) is 5.82 Å². The van der Waals surface area contributed by atoms with Gasteiger partial charge in [-0.05, 0) is 44.5 Å². The standard InChI is InChI=1S/C24H19N9O2/c1-14-20(23(34)35-13-15-9-11-17(12-10-15)22-26-29-30-27-22)21(33-24(25-14)28-31-32-33)19-8-4-6-16-5-2-3-7-18(16)19/h2-12,20-21H,13H2,1H3,(H,26,27,29,30). The molecule has 1 aliphatic heterocycles. The van der Waals surface area contributed by atoms with E-state index in [1.807, 2.05) is 73.7 Å². The fourth-order valence-electron chi connectivity index (χ4n) is 4.44. The quantitative estimate of drug-likeness (QED) is 0.391. The number of benzene rings is 3. The van der Waals surface area contributed by atoms with Crippen LogP contribution in [0.3, 0.4) is 0 Å². The zero-order valence-corrected chi connectivity index (χ0v) is 18.6. The van der Waals surface area contributed by atoms with Crippen LogP contribution < -0.4 is 0 Å². The molecule has 0 fully saturated rings. The third kappa shape index (κ3) is 3.72. The summed E-state index contributed by atoms with van der Waals surface area (Å²) in [6.45, 7) is 1.92. The molecule has 2 unspecified atom stereocenters. The number of esters is 1. The smallest absolute Gasteiger partial charge is 0.317 e. The van der Waals surface area contributed by atoms with Gasteiger partial charge in [-0.3, -0.25) is 4.79 Å². The van der Waals surface area contributed by atoms with Crippen LogP contribution in [0.4, 0.5) is 5.95 Å². The van der Waals surface area contributed by atoms with Gasteiger partial charge in [-0.15, -0.1) is 10.2 Å². The lowest BCUT2D eigenvalue weighted by Crippen LogP contribution is -2.37. The topological polar surface area (TPSA) is 137 Å². The molecule has 11 nitrogen and oxygen atoms in total. The van der Waals surface area contributed by atoms with Crippen LogP contribution >= 0.6 is 0 Å². The van der Waals surface area contributed by atoms with Crippen molar-refractivity contribution in [3.8, 4) is 11.4 Å². The highest BCUT2D eigenvalue weighted by Gasteiger charge is 2.40. The summed E-state index contributed by atoms with van der Waals surface area (Å²) in [4.78, 5) is 17.9. The summed E-state index contributed by atoms with van der Waals surface area (Å²) >= 11 is 0. The molecule has 3 heterocycles. The van der Waals surface area contributed by atoms with Crippen molar-refractivity contribution in [3.63, 3.8) is 0 Å². The van der Waals surface area contributed by atoms with Crippen LogP contribution in [0.5, 0.6) is 0 Å². The number of H-pyrrole nitrogens is 1. The molecule has 2 aromatic heterocycles. The Labute approximate surface area is 198 Å². The van der Waals surface area contributed by atoms with Crippen LogP contribution in [0.15, 0.2) is 71.7 Å². The van der Waals surface area contributed by atoms with Crippen molar-refractivity contribution >= 4 is 28.4 Å². The Morgan fingerprint density at radius 3 is 2.69 bits per heavy atom. The number of nitrogens with one attached hydrogen (secondary N) is 1. The molecule has 35 heavy (non-hydrogen) atoms. The van der Waals surface area contributed by atoms with Crippen molar-refractivity contribution in [2.75, 3.05) is 0 Å². The predicted molar refractivity (Wildman–Crippen MR) is 126 cm³/mol. The molecule has 6 rings (SSSR count). The monoisotopic (exact) mass is 465 g/mol. The van der Waals surface area contributed by atoms with Crippen LogP contribution in [0, 0.1) is 5.92 Å². The minimum atomic E-state index is -0.685. The van der Waals surface area contributed by atoms with E-state index >= 15 is 0 Å². The Balaban J connectivity index is 1.30. The van der Waals surface area contributed by atoms with Gasteiger partial charge in [-0.2, -0.15) is 5.21 Å². The number of hydrogen-bond donors (Lipinski definition) is 1. The Morgan fingerprint density at radius 1 is 1.03 bits per heavy atom. The molecule has 0 saturated heterocycles. The maximum atomic E-state index is 13.5. The van der Waals surface area contributed by atoms with Gasteiger partial charge >= 0.3 is 5.97 Å². The molecule has 2 atom stereocenters. The van der Waals surface area contributed by atoms with Gasteiger partial charge in [-0.1, -0.05) is 71.8 Å². The Hall–Kier alpha value is -4.80. The number of nitrogens with zero attached hydrogens (tertiary/aromatic N) is 8. The second-order valence-electron chi connectivity index (χ2n) is 8.21. The normalized spacial score (nSPS) is 17.1. The maximum absolute atomic E-state index is 13.5. The Kier molecular flexibility index (Phi) is 5.06. The SMILES string of the molecule is CC1=Nc2nnnn2C(c2cccc3ccccc23)C1C(=O)OCc1ccc(-c2nn[nH]n2)cc1. The van der Waals surface area contributed by atoms with Crippen molar-refractivity contribution in [1.82, 2.24) is 40.8 Å². The number of ether oxygens (including phenoxy) is 1. The molecule has 3 aromatic carbocycles. The third-order valence-corrected chi connectivity index (χ3v) is 6.12. The number of aromatic nitrogens is 8. The number of carbonyl (C=O) groups excluding carboxylic acids is 1. The highest BCUT2D eigenvalue weighted by atomic mass is 16.5. The molecule has 0 radical (unpaired) electrons. The highest BCUT2D eigenvalue weighted by molar-refractivity contribution is 6.04. The largest absolute Gasteiger partial charge is 0.460 e. The van der Waals surface area contributed by atoms with Crippen molar-refractivity contribution < 1.29 is 9.53 Å². The summed E-state index contributed by atoms with van der Waals surface area (Å²) in [5.41, 5.74) is 3.17. The predicted octanol–water partition coefficient (Wildman–Crippen LogP) is 3.06. The molecule has 0 spiro atoms. The van der Waals surface area contributed by atoms with Crippen LogP contribution in [0.2, 0.25) is 0 Å². The molecular weight excluding hydrogens is 446 g/mol. The van der Waals surface area contributed by atoms with Crippen molar-refractivity contribution in [2.45, 2.75) is 19.6 Å². The second kappa shape index (κ2) is 8.52. The van der Waals surface area contributed by atoms with Gasteiger partial charge < -0.3 is 4.74 Å². The molecular formula is C24H19N9O2. The van der Waals surface area contributed by atoms with Crippen molar-refractivity contribution in [1.29, 1.82) is 0 Å². The van der Waals surface area contributed by atoms with Crippen molar-refractivity contribution in [2.24, 2.45) is 10.9 Å². The van der Waals surface area contributed by atoms with Crippen LogP contribution in [-0.4, -0.2) is 52.5 Å². The van der Waals surface area contributed by atoms with Crippen LogP contribution in [-0.2, 0) is 16.1 Å². The number of rotatable bonds is 5. The average molecular weight is 465 g/mol. The van der Waals surface area contributed by atoms with E-state index in [4.69, 9.17) is 4.74 Å². The summed E-state index contributed by atoms with van der Waals surface area (Å²) in [5.74, 6) is -0.220. The number of hydrogen-bond acceptors (Lipinski definition) is 9. The first-order chi connectivity index (χ1) is 17.2. The number of aromatic amines is 1. The Morgan fingerprint density at radius 2 is 1.86 bits per heavy atom. The fourth-order valence-corrected chi connectivity index (χ4v) is 4.44. The van der Waals surface area contributed by atoms with Crippen molar-refractivity contribution in [3.05, 3.63) is 77.9 Å². The average Bonchev–Trinajstić information content (AvgIpc) is 3.59. The van der Waals surface area contributed by atoms with Gasteiger partial charge in [-0.25, -0.2) is 9.67 Å². The second-order valence-corrected chi connectivity index (χ2v) is 8.21. The summed E-state index contributed by atoms with van der Waals surface area (Å²) in [6.07, 6.45) is 0. The fraction of sp³-hybridized carbons (Fsp3) is 0.167. The van der Waals surface area contributed by atoms with Gasteiger partial charge in [0, 0.05) is 11.3 Å². The summed E-state index contributed by atoms with van der Waals surface area (Å²) in [6, 6.07) is 21.0. The van der Waals surface area contributed by atoms with E-state index in [9.17, 15) is 4.79 Å². The first kappa shape index (κ1) is 20.8. The van der Waals surface area contributed by atoms with Gasteiger partial charge in [0.05, 0.1) is 0 Å². The molecule has 5 aromatic rings. The molecule has 0 saturated carbocycles. The number of fused-ring (bicyclic) bond motifs is 2. The lowest BCUT2D eigenvalue weighted by molar-refractivity contribution is -0.148. The zero-order valence-electron chi connectivity index (χ0n) is 18.6. The first-order valence-corrected chi connectivity index (χ1v) is 11.0. The summed E-state index contributed by atoms with van der Waals surface area (Å²) < 4.78 is 7.37. The van der Waals surface area contributed by atoms with E-state index in [1.54, 1.807) is 4.68 Å². The van der Waals surface area contributed by atoms with Gasteiger partial charge in [0.15, 0.2) is 0 Å². The highest BCUT2D eigenvalue weighted by Crippen LogP contribution is 2.38. The van der Waals surface area contributed by atoms with Crippen LogP contribution in [0.1, 0.15) is 24.1 Å². The first-order valence-electron chi connectivity index (χ1n) is 11.0. The van der Waals surface area contributed by atoms with Gasteiger partial charge in [0.25, 0.3) is 5.95 Å². The summed E-state index contributed by atoms with van der Waals surface area (Å²) in [5, 5.41) is 28.0. The lowest BCUT2D eigenvalue weighted by atomic mass is 9.86. The van der Waals surface area contributed by atoms with E-state index in [1.165, 1.54) is 0 Å². The van der Waals surface area contributed by atoms with E-state index in [2.05, 4.69) is 41.1 Å². The molecule has 1 N–H and O–H groups in total. The van der Waals surface area contributed by atoms with E-state index in [0.717, 1.165) is 27.5 Å². The molecule has 0 bridgehead atoms. The Bertz CT molecular complexity index is 1540. The zero-order chi connectivity index (χ0) is 23.8.